The number of ether oxygens (including phenoxy) is 2. The van der Waals surface area contributed by atoms with Crippen molar-refractivity contribution in [1.82, 2.24) is 15.1 Å². The Morgan fingerprint density at radius 1 is 1.17 bits per heavy atom. The van der Waals surface area contributed by atoms with E-state index in [9.17, 15) is 9.18 Å². The molecule has 0 unspecified atom stereocenters. The fourth-order valence-corrected chi connectivity index (χ4v) is 3.10. The molecule has 0 saturated carbocycles. The van der Waals surface area contributed by atoms with Gasteiger partial charge in [0.2, 0.25) is 11.8 Å². The van der Waals surface area contributed by atoms with E-state index in [1.165, 1.54) is 12.1 Å². The fraction of sp³-hybridized carbons (Fsp3) is 0.304. The highest BCUT2D eigenvalue weighted by Gasteiger charge is 2.20. The summed E-state index contributed by atoms with van der Waals surface area (Å²) in [5, 5.41) is 7.48. The number of carbonyl (C=O) groups excluding carboxylic acids is 1. The third kappa shape index (κ3) is 5.45. The molecule has 3 aromatic rings. The number of aromatic nitrogens is 2. The molecule has 0 atom stereocenters. The Kier molecular flexibility index (Phi) is 7.19. The van der Waals surface area contributed by atoms with Crippen LogP contribution in [0.25, 0.3) is 5.69 Å². The first-order chi connectivity index (χ1) is 14.5. The highest BCUT2D eigenvalue weighted by molar-refractivity contribution is 5.76. The van der Waals surface area contributed by atoms with E-state index in [-0.39, 0.29) is 11.7 Å². The van der Waals surface area contributed by atoms with Crippen molar-refractivity contribution in [3.63, 3.8) is 0 Å². The lowest BCUT2D eigenvalue weighted by atomic mass is 10.1. The first-order valence-electron chi connectivity index (χ1n) is 9.82. The maximum Gasteiger partial charge on any atom is 0.226 e. The van der Waals surface area contributed by atoms with Crippen LogP contribution in [0.15, 0.2) is 48.5 Å². The molecule has 0 fully saturated rings. The van der Waals surface area contributed by atoms with Gasteiger partial charge >= 0.3 is 0 Å². The quantitative estimate of drug-likeness (QED) is 0.538. The predicted octanol–water partition coefficient (Wildman–Crippen LogP) is 4.12. The summed E-state index contributed by atoms with van der Waals surface area (Å²) >= 11 is 0. The zero-order valence-electron chi connectivity index (χ0n) is 17.4. The Balaban J connectivity index is 1.90. The van der Waals surface area contributed by atoms with Crippen LogP contribution in [0, 0.1) is 19.7 Å². The largest absolute Gasteiger partial charge is 0.439 e. The molecule has 7 heteroatoms. The van der Waals surface area contributed by atoms with Crippen molar-refractivity contribution >= 4 is 5.91 Å². The number of nitrogens with one attached hydrogen (secondary N) is 1. The van der Waals surface area contributed by atoms with Crippen molar-refractivity contribution in [2.24, 2.45) is 0 Å². The van der Waals surface area contributed by atoms with Gasteiger partial charge in [-0.2, -0.15) is 5.10 Å². The Bertz CT molecular complexity index is 999. The lowest BCUT2D eigenvalue weighted by Crippen LogP contribution is -2.27. The van der Waals surface area contributed by atoms with Gasteiger partial charge in [-0.05, 0) is 62.2 Å². The third-order valence-corrected chi connectivity index (χ3v) is 4.64. The number of amides is 1. The molecule has 1 heterocycles. The summed E-state index contributed by atoms with van der Waals surface area (Å²) < 4.78 is 26.1. The first-order valence-corrected chi connectivity index (χ1v) is 9.82. The Hall–Kier alpha value is -3.19. The van der Waals surface area contributed by atoms with E-state index in [4.69, 9.17) is 9.47 Å². The number of hydrogen-bond acceptors (Lipinski definition) is 4. The number of halogens is 1. The van der Waals surface area contributed by atoms with Crippen LogP contribution in [0.4, 0.5) is 4.39 Å². The average molecular weight is 411 g/mol. The van der Waals surface area contributed by atoms with E-state index >= 15 is 0 Å². The molecule has 1 N–H and O–H groups in total. The van der Waals surface area contributed by atoms with Gasteiger partial charge in [0.25, 0.3) is 0 Å². The first kappa shape index (κ1) is 21.5. The van der Waals surface area contributed by atoms with Gasteiger partial charge in [-0.1, -0.05) is 12.1 Å². The number of rotatable bonds is 9. The number of benzene rings is 2. The van der Waals surface area contributed by atoms with Gasteiger partial charge in [0.15, 0.2) is 0 Å². The molecule has 3 rings (SSSR count). The van der Waals surface area contributed by atoms with Crippen LogP contribution in [0.2, 0.25) is 0 Å². The number of methoxy groups -OCH3 is 1. The molecular formula is C23H26FN3O3. The molecule has 2 aromatic carbocycles. The fourth-order valence-electron chi connectivity index (χ4n) is 3.10. The molecule has 0 spiro atoms. The molecule has 158 valence electrons. The summed E-state index contributed by atoms with van der Waals surface area (Å²) in [6.45, 7) is 4.83. The minimum atomic E-state index is -0.335. The van der Waals surface area contributed by atoms with Gasteiger partial charge in [0, 0.05) is 25.6 Å². The zero-order chi connectivity index (χ0) is 21.5. The monoisotopic (exact) mass is 411 g/mol. The maximum absolute atomic E-state index is 13.3. The molecule has 0 aliphatic rings. The van der Waals surface area contributed by atoms with E-state index < -0.39 is 0 Å². The number of nitrogens with zero attached hydrogens (tertiary/aromatic N) is 2. The lowest BCUT2D eigenvalue weighted by molar-refractivity contribution is -0.121. The van der Waals surface area contributed by atoms with Crippen molar-refractivity contribution in [2.75, 3.05) is 20.3 Å². The Morgan fingerprint density at radius 2 is 1.93 bits per heavy atom. The molecular weight excluding hydrogens is 385 g/mol. The van der Waals surface area contributed by atoms with Gasteiger partial charge < -0.3 is 14.8 Å². The number of hydrogen-bond donors (Lipinski definition) is 1. The summed E-state index contributed by atoms with van der Waals surface area (Å²) in [4.78, 5) is 12.2. The molecule has 0 radical (unpaired) electrons. The van der Waals surface area contributed by atoms with E-state index in [1.807, 2.05) is 38.1 Å². The van der Waals surface area contributed by atoms with Gasteiger partial charge in [-0.25, -0.2) is 9.07 Å². The van der Waals surface area contributed by atoms with Crippen molar-refractivity contribution in [1.29, 1.82) is 0 Å². The second-order valence-electron chi connectivity index (χ2n) is 7.02. The highest BCUT2D eigenvalue weighted by Crippen LogP contribution is 2.31. The minimum absolute atomic E-state index is 0.0671. The van der Waals surface area contributed by atoms with Gasteiger partial charge in [0.05, 0.1) is 18.0 Å². The van der Waals surface area contributed by atoms with Crippen LogP contribution in [0.1, 0.15) is 23.2 Å². The zero-order valence-corrected chi connectivity index (χ0v) is 17.4. The summed E-state index contributed by atoms with van der Waals surface area (Å²) in [7, 11) is 1.59. The SMILES string of the molecule is COCCNC(=O)CCc1c(C)nn(-c2cccc(C)c2)c1Oc1ccc(F)cc1. The highest BCUT2D eigenvalue weighted by atomic mass is 19.1. The summed E-state index contributed by atoms with van der Waals surface area (Å²) in [5.41, 5.74) is 3.56. The topological polar surface area (TPSA) is 65.4 Å². The molecule has 0 saturated heterocycles. The molecule has 0 aliphatic heterocycles. The second kappa shape index (κ2) is 10.0. The average Bonchev–Trinajstić information content (AvgIpc) is 3.03. The summed E-state index contributed by atoms with van der Waals surface area (Å²) in [5.74, 6) is 0.617. The van der Waals surface area contributed by atoms with Gasteiger partial charge in [-0.15, -0.1) is 0 Å². The van der Waals surface area contributed by atoms with Crippen molar-refractivity contribution in [3.8, 4) is 17.3 Å². The molecule has 30 heavy (non-hydrogen) atoms. The van der Waals surface area contributed by atoms with Gasteiger partial charge in [-0.3, -0.25) is 4.79 Å². The number of carbonyl (C=O) groups is 1. The van der Waals surface area contributed by atoms with E-state index in [1.54, 1.807) is 23.9 Å². The molecule has 0 aliphatic carbocycles. The van der Waals surface area contributed by atoms with Crippen molar-refractivity contribution in [2.45, 2.75) is 26.7 Å². The molecule has 1 aromatic heterocycles. The predicted molar refractivity (Wildman–Crippen MR) is 113 cm³/mol. The second-order valence-corrected chi connectivity index (χ2v) is 7.02. The van der Waals surface area contributed by atoms with E-state index in [0.717, 1.165) is 22.5 Å². The molecule has 6 nitrogen and oxygen atoms in total. The maximum atomic E-state index is 13.3. The summed E-state index contributed by atoms with van der Waals surface area (Å²) in [6, 6.07) is 13.7. The van der Waals surface area contributed by atoms with Gasteiger partial charge in [0.1, 0.15) is 11.6 Å². The van der Waals surface area contributed by atoms with E-state index in [0.29, 0.717) is 37.6 Å². The van der Waals surface area contributed by atoms with Crippen LogP contribution in [0.5, 0.6) is 11.6 Å². The molecule has 0 bridgehead atoms. The van der Waals surface area contributed by atoms with Crippen molar-refractivity contribution in [3.05, 3.63) is 71.2 Å². The minimum Gasteiger partial charge on any atom is -0.439 e. The van der Waals surface area contributed by atoms with E-state index in [2.05, 4.69) is 10.4 Å². The lowest BCUT2D eigenvalue weighted by Gasteiger charge is -2.12. The van der Waals surface area contributed by atoms with Crippen LogP contribution >= 0.6 is 0 Å². The van der Waals surface area contributed by atoms with Crippen LogP contribution < -0.4 is 10.1 Å². The van der Waals surface area contributed by atoms with Crippen molar-refractivity contribution < 1.29 is 18.7 Å². The smallest absolute Gasteiger partial charge is 0.226 e. The number of aryl methyl sites for hydroxylation is 2. The standard InChI is InChI=1S/C23H26FN3O3/c1-16-5-4-6-19(15-16)27-23(30-20-9-7-18(24)8-10-20)21(17(2)26-27)11-12-22(28)25-13-14-29-3/h4-10,15H,11-14H2,1-3H3,(H,25,28). The third-order valence-electron chi connectivity index (χ3n) is 4.64. The molecule has 1 amide bonds. The van der Waals surface area contributed by atoms with Crippen LogP contribution in [-0.4, -0.2) is 35.9 Å². The van der Waals surface area contributed by atoms with Crippen LogP contribution in [0.3, 0.4) is 0 Å². The normalized spacial score (nSPS) is 10.8. The Morgan fingerprint density at radius 3 is 2.63 bits per heavy atom. The summed E-state index contributed by atoms with van der Waals surface area (Å²) in [6.07, 6.45) is 0.761. The van der Waals surface area contributed by atoms with Crippen LogP contribution in [-0.2, 0) is 16.0 Å². The Labute approximate surface area is 175 Å².